The average Bonchev–Trinajstić information content (AvgIpc) is 2.67. The summed E-state index contributed by atoms with van der Waals surface area (Å²) in [5, 5.41) is 49.5. The zero-order valence-electron chi connectivity index (χ0n) is 17.9. The SMILES string of the molecule is CCCCCCC1C(O)C(O)C(CCCCCCCC(=O)O)C(C(=O)O)C1C(=O)O. The molecule has 5 N–H and O–H groups in total. The molecule has 30 heavy (non-hydrogen) atoms. The van der Waals surface area contributed by atoms with Gasteiger partial charge in [0.05, 0.1) is 24.0 Å². The lowest BCUT2D eigenvalue weighted by Gasteiger charge is -2.45. The Morgan fingerprint density at radius 3 is 1.43 bits per heavy atom. The van der Waals surface area contributed by atoms with E-state index in [1.54, 1.807) is 0 Å². The maximum atomic E-state index is 12.0. The lowest BCUT2D eigenvalue weighted by Crippen LogP contribution is -2.57. The van der Waals surface area contributed by atoms with Gasteiger partial charge in [0.1, 0.15) is 0 Å². The van der Waals surface area contributed by atoms with Gasteiger partial charge in [-0.25, -0.2) is 0 Å². The van der Waals surface area contributed by atoms with Gasteiger partial charge in [0.25, 0.3) is 0 Å². The molecular weight excluding hydrogens is 392 g/mol. The quantitative estimate of drug-likeness (QED) is 0.248. The number of rotatable bonds is 15. The Hall–Kier alpha value is -1.67. The third-order valence-electron chi connectivity index (χ3n) is 6.43. The highest BCUT2D eigenvalue weighted by Gasteiger charge is 2.54. The number of aliphatic carboxylic acids is 3. The molecule has 0 heterocycles. The number of carboxylic acids is 3. The fraction of sp³-hybridized carbons (Fsp3) is 0.864. The van der Waals surface area contributed by atoms with Gasteiger partial charge in [0.2, 0.25) is 0 Å². The van der Waals surface area contributed by atoms with E-state index in [4.69, 9.17) is 5.11 Å². The van der Waals surface area contributed by atoms with Crippen LogP contribution in [0.1, 0.15) is 84.0 Å². The van der Waals surface area contributed by atoms with Crippen LogP contribution in [0.15, 0.2) is 0 Å². The molecule has 0 amide bonds. The minimum absolute atomic E-state index is 0.120. The second-order valence-electron chi connectivity index (χ2n) is 8.59. The van der Waals surface area contributed by atoms with Crippen molar-refractivity contribution in [3.63, 3.8) is 0 Å². The Balaban J connectivity index is 2.76. The minimum atomic E-state index is -1.26. The molecule has 0 aromatic carbocycles. The summed E-state index contributed by atoms with van der Waals surface area (Å²) in [7, 11) is 0. The molecule has 174 valence electrons. The minimum Gasteiger partial charge on any atom is -0.481 e. The van der Waals surface area contributed by atoms with Crippen molar-refractivity contribution in [2.24, 2.45) is 23.7 Å². The topological polar surface area (TPSA) is 152 Å². The normalized spacial score (nSPS) is 28.9. The van der Waals surface area contributed by atoms with E-state index in [1.807, 2.05) is 0 Å². The van der Waals surface area contributed by atoms with Gasteiger partial charge in [-0.05, 0) is 19.3 Å². The fourth-order valence-electron chi connectivity index (χ4n) is 4.83. The lowest BCUT2D eigenvalue weighted by molar-refractivity contribution is -0.182. The highest BCUT2D eigenvalue weighted by atomic mass is 16.4. The molecule has 0 aromatic rings. The largest absolute Gasteiger partial charge is 0.481 e. The Kier molecular flexibility index (Phi) is 11.9. The fourth-order valence-corrected chi connectivity index (χ4v) is 4.83. The maximum absolute atomic E-state index is 12.0. The van der Waals surface area contributed by atoms with Crippen LogP contribution in [0.5, 0.6) is 0 Å². The van der Waals surface area contributed by atoms with Crippen molar-refractivity contribution in [3.8, 4) is 0 Å². The molecule has 0 spiro atoms. The van der Waals surface area contributed by atoms with Crippen LogP contribution in [0.25, 0.3) is 0 Å². The van der Waals surface area contributed by atoms with E-state index < -0.39 is 53.8 Å². The van der Waals surface area contributed by atoms with E-state index in [0.717, 1.165) is 38.5 Å². The van der Waals surface area contributed by atoms with Gasteiger partial charge in [0.15, 0.2) is 0 Å². The van der Waals surface area contributed by atoms with Crippen molar-refractivity contribution in [2.75, 3.05) is 0 Å². The standard InChI is InChI=1S/C22H38O8/c1-2-3-4-8-11-14-17(21(27)28)18(22(29)30)15(20(26)19(14)25)12-9-6-5-7-10-13-16(23)24/h14-15,17-20,25-26H,2-13H2,1H3,(H,23,24)(H,27,28)(H,29,30). The first-order valence-electron chi connectivity index (χ1n) is 11.3. The average molecular weight is 431 g/mol. The van der Waals surface area contributed by atoms with Crippen LogP contribution in [0.4, 0.5) is 0 Å². The number of aliphatic hydroxyl groups excluding tert-OH is 2. The summed E-state index contributed by atoms with van der Waals surface area (Å²) in [6, 6.07) is 0. The molecule has 8 nitrogen and oxygen atoms in total. The summed E-state index contributed by atoms with van der Waals surface area (Å²) in [6.45, 7) is 2.05. The van der Waals surface area contributed by atoms with Gasteiger partial charge in [-0.3, -0.25) is 14.4 Å². The van der Waals surface area contributed by atoms with Crippen LogP contribution >= 0.6 is 0 Å². The van der Waals surface area contributed by atoms with Gasteiger partial charge in [-0.1, -0.05) is 58.3 Å². The van der Waals surface area contributed by atoms with Crippen LogP contribution in [-0.4, -0.2) is 55.6 Å². The summed E-state index contributed by atoms with van der Waals surface area (Å²) in [6.07, 6.45) is 5.35. The van der Waals surface area contributed by atoms with Gasteiger partial charge >= 0.3 is 17.9 Å². The molecule has 0 aromatic heterocycles. The second-order valence-corrected chi connectivity index (χ2v) is 8.59. The Morgan fingerprint density at radius 2 is 1.03 bits per heavy atom. The molecule has 8 heteroatoms. The molecule has 6 atom stereocenters. The highest BCUT2D eigenvalue weighted by Crippen LogP contribution is 2.44. The number of aliphatic hydroxyl groups is 2. The van der Waals surface area contributed by atoms with Crippen molar-refractivity contribution in [2.45, 2.75) is 96.2 Å². The predicted molar refractivity (Wildman–Crippen MR) is 110 cm³/mol. The summed E-state index contributed by atoms with van der Waals surface area (Å²) >= 11 is 0. The van der Waals surface area contributed by atoms with E-state index in [0.29, 0.717) is 32.1 Å². The van der Waals surface area contributed by atoms with Gasteiger partial charge in [0, 0.05) is 18.3 Å². The Morgan fingerprint density at radius 1 is 0.633 bits per heavy atom. The molecule has 1 aliphatic carbocycles. The molecule has 0 aliphatic heterocycles. The third-order valence-corrected chi connectivity index (χ3v) is 6.43. The van der Waals surface area contributed by atoms with Gasteiger partial charge < -0.3 is 25.5 Å². The number of hydrogen-bond acceptors (Lipinski definition) is 5. The van der Waals surface area contributed by atoms with E-state index in [-0.39, 0.29) is 6.42 Å². The lowest BCUT2D eigenvalue weighted by atomic mass is 9.61. The predicted octanol–water partition coefficient (Wildman–Crippen LogP) is 3.14. The first kappa shape index (κ1) is 26.4. The molecule has 6 unspecified atom stereocenters. The number of carbonyl (C=O) groups is 3. The van der Waals surface area contributed by atoms with Crippen LogP contribution in [0, 0.1) is 23.7 Å². The molecule has 1 rings (SSSR count). The Bertz CT molecular complexity index is 549. The smallest absolute Gasteiger partial charge is 0.307 e. The summed E-state index contributed by atoms with van der Waals surface area (Å²) < 4.78 is 0. The Labute approximate surface area is 178 Å². The van der Waals surface area contributed by atoms with E-state index in [2.05, 4.69) is 6.92 Å². The van der Waals surface area contributed by atoms with E-state index in [1.165, 1.54) is 0 Å². The van der Waals surface area contributed by atoms with Crippen LogP contribution in [0.3, 0.4) is 0 Å². The molecule has 0 radical (unpaired) electrons. The van der Waals surface area contributed by atoms with Gasteiger partial charge in [-0.15, -0.1) is 0 Å². The van der Waals surface area contributed by atoms with E-state index in [9.17, 15) is 34.8 Å². The molecule has 1 saturated carbocycles. The third kappa shape index (κ3) is 7.87. The molecule has 0 saturated heterocycles. The number of hydrogen-bond donors (Lipinski definition) is 5. The van der Waals surface area contributed by atoms with Crippen molar-refractivity contribution >= 4 is 17.9 Å². The summed E-state index contributed by atoms with van der Waals surface area (Å²) in [4.78, 5) is 34.5. The van der Waals surface area contributed by atoms with Crippen molar-refractivity contribution < 1.29 is 39.9 Å². The van der Waals surface area contributed by atoms with E-state index >= 15 is 0 Å². The first-order valence-corrected chi connectivity index (χ1v) is 11.3. The molecule has 0 bridgehead atoms. The first-order chi connectivity index (χ1) is 14.2. The maximum Gasteiger partial charge on any atom is 0.307 e. The van der Waals surface area contributed by atoms with Crippen LogP contribution < -0.4 is 0 Å². The van der Waals surface area contributed by atoms with Crippen LogP contribution in [-0.2, 0) is 14.4 Å². The van der Waals surface area contributed by atoms with Crippen LogP contribution in [0.2, 0.25) is 0 Å². The molecular formula is C22H38O8. The zero-order valence-corrected chi connectivity index (χ0v) is 17.9. The zero-order chi connectivity index (χ0) is 22.7. The monoisotopic (exact) mass is 430 g/mol. The highest BCUT2D eigenvalue weighted by molar-refractivity contribution is 5.81. The molecule has 1 fully saturated rings. The van der Waals surface area contributed by atoms with Crippen molar-refractivity contribution in [1.82, 2.24) is 0 Å². The van der Waals surface area contributed by atoms with Gasteiger partial charge in [-0.2, -0.15) is 0 Å². The molecule has 1 aliphatic rings. The summed E-state index contributed by atoms with van der Waals surface area (Å²) in [5.41, 5.74) is 0. The number of unbranched alkanes of at least 4 members (excludes halogenated alkanes) is 7. The number of carboxylic acid groups (broad SMARTS) is 3. The summed E-state index contributed by atoms with van der Waals surface area (Å²) in [5.74, 6) is -7.34. The van der Waals surface area contributed by atoms with Crippen molar-refractivity contribution in [3.05, 3.63) is 0 Å². The second kappa shape index (κ2) is 13.6. The van der Waals surface area contributed by atoms with Crippen molar-refractivity contribution in [1.29, 1.82) is 0 Å².